The van der Waals surface area contributed by atoms with E-state index in [4.69, 9.17) is 25.8 Å². The Bertz CT molecular complexity index is 1220. The van der Waals surface area contributed by atoms with Gasteiger partial charge in [0.2, 0.25) is 0 Å². The summed E-state index contributed by atoms with van der Waals surface area (Å²) in [5.41, 5.74) is 3.49. The highest BCUT2D eigenvalue weighted by Crippen LogP contribution is 2.26. The SMILES string of the molecule is COC1C=c2c(Oc3ccc(Nc4ccc(C(C)(C)C)cc4)cc3)ccnc2=CC1OCCCl. The molecule has 5 nitrogen and oxygen atoms in total. The Labute approximate surface area is 206 Å². The fraction of sp³-hybridized carbons (Fsp3) is 0.321. The molecule has 0 saturated carbocycles. The average molecular weight is 479 g/mol. The minimum atomic E-state index is -0.237. The number of halogens is 1. The van der Waals surface area contributed by atoms with E-state index in [0.717, 1.165) is 33.4 Å². The van der Waals surface area contributed by atoms with E-state index in [1.54, 1.807) is 13.3 Å². The van der Waals surface area contributed by atoms with E-state index in [1.807, 2.05) is 42.5 Å². The minimum Gasteiger partial charge on any atom is -0.457 e. The molecular weight excluding hydrogens is 448 g/mol. The van der Waals surface area contributed by atoms with Gasteiger partial charge in [-0.15, -0.1) is 11.6 Å². The fourth-order valence-corrected chi connectivity index (χ4v) is 3.94. The number of ether oxygens (including phenoxy) is 3. The van der Waals surface area contributed by atoms with Gasteiger partial charge >= 0.3 is 0 Å². The summed E-state index contributed by atoms with van der Waals surface area (Å²) in [4.78, 5) is 4.49. The van der Waals surface area contributed by atoms with E-state index in [2.05, 4.69) is 55.3 Å². The molecule has 6 heteroatoms. The number of hydrogen-bond donors (Lipinski definition) is 1. The van der Waals surface area contributed by atoms with Gasteiger partial charge in [-0.2, -0.15) is 0 Å². The Balaban J connectivity index is 1.49. The highest BCUT2D eigenvalue weighted by molar-refractivity contribution is 6.17. The molecule has 0 amide bonds. The van der Waals surface area contributed by atoms with Crippen molar-refractivity contribution in [1.82, 2.24) is 4.98 Å². The summed E-state index contributed by atoms with van der Waals surface area (Å²) < 4.78 is 17.6. The van der Waals surface area contributed by atoms with Crippen molar-refractivity contribution < 1.29 is 14.2 Å². The van der Waals surface area contributed by atoms with Crippen LogP contribution in [0.5, 0.6) is 11.5 Å². The largest absolute Gasteiger partial charge is 0.457 e. The zero-order valence-electron chi connectivity index (χ0n) is 20.0. The monoisotopic (exact) mass is 478 g/mol. The molecule has 1 aliphatic rings. The maximum atomic E-state index is 6.21. The van der Waals surface area contributed by atoms with Gasteiger partial charge in [0, 0.05) is 35.8 Å². The van der Waals surface area contributed by atoms with Crippen molar-refractivity contribution in [2.24, 2.45) is 0 Å². The van der Waals surface area contributed by atoms with Crippen LogP contribution in [0.4, 0.5) is 11.4 Å². The standard InChI is InChI=1S/C28H31ClN2O3/c1-28(2,3)19-5-7-20(8-6-19)31-21-9-11-22(12-10-21)34-25-13-15-30-24-18-27(33-16-14-29)26(32-4)17-23(24)25/h5-13,15,17-18,26-27,31H,14,16H2,1-4H3. The molecule has 0 fully saturated rings. The van der Waals surface area contributed by atoms with Crippen LogP contribution in [0.2, 0.25) is 0 Å². The van der Waals surface area contributed by atoms with Crippen LogP contribution in [0.15, 0.2) is 60.8 Å². The van der Waals surface area contributed by atoms with Gasteiger partial charge in [-0.05, 0) is 65.6 Å². The third-order valence-electron chi connectivity index (χ3n) is 5.74. The Hall–Kier alpha value is -2.86. The number of rotatable bonds is 8. The lowest BCUT2D eigenvalue weighted by molar-refractivity contribution is 0.0105. The quantitative estimate of drug-likeness (QED) is 0.455. The van der Waals surface area contributed by atoms with Crippen LogP contribution >= 0.6 is 11.6 Å². The summed E-state index contributed by atoms with van der Waals surface area (Å²) in [5, 5.41) is 5.14. The highest BCUT2D eigenvalue weighted by atomic mass is 35.5. The number of fused-ring (bicyclic) bond motifs is 1. The van der Waals surface area contributed by atoms with Crippen molar-refractivity contribution in [3.63, 3.8) is 0 Å². The maximum Gasteiger partial charge on any atom is 0.138 e. The van der Waals surface area contributed by atoms with Gasteiger partial charge in [0.25, 0.3) is 0 Å². The van der Waals surface area contributed by atoms with E-state index in [1.165, 1.54) is 5.56 Å². The van der Waals surface area contributed by atoms with Crippen LogP contribution in [0.25, 0.3) is 12.2 Å². The van der Waals surface area contributed by atoms with Crippen LogP contribution in [-0.2, 0) is 14.9 Å². The van der Waals surface area contributed by atoms with Crippen molar-refractivity contribution in [3.8, 4) is 11.5 Å². The molecule has 1 N–H and O–H groups in total. The van der Waals surface area contributed by atoms with Crippen LogP contribution in [-0.4, -0.2) is 36.8 Å². The average Bonchev–Trinajstić information content (AvgIpc) is 2.83. The molecule has 3 aromatic rings. The molecule has 2 atom stereocenters. The highest BCUT2D eigenvalue weighted by Gasteiger charge is 2.22. The number of benzene rings is 2. The minimum absolute atomic E-state index is 0.139. The number of alkyl halides is 1. The maximum absolute atomic E-state index is 6.21. The zero-order valence-corrected chi connectivity index (χ0v) is 20.8. The first-order valence-corrected chi connectivity index (χ1v) is 12.0. The number of nitrogens with one attached hydrogen (secondary N) is 1. The smallest absolute Gasteiger partial charge is 0.138 e. The van der Waals surface area contributed by atoms with Crippen molar-refractivity contribution >= 4 is 35.1 Å². The molecule has 0 radical (unpaired) electrons. The lowest BCUT2D eigenvalue weighted by Gasteiger charge is -2.23. The van der Waals surface area contributed by atoms with Gasteiger partial charge < -0.3 is 19.5 Å². The summed E-state index contributed by atoms with van der Waals surface area (Å²) in [7, 11) is 1.66. The number of aromatic nitrogens is 1. The lowest BCUT2D eigenvalue weighted by atomic mass is 9.87. The van der Waals surface area contributed by atoms with Crippen LogP contribution in [0.1, 0.15) is 26.3 Å². The first-order valence-electron chi connectivity index (χ1n) is 11.4. The number of hydrogen-bond acceptors (Lipinski definition) is 5. The zero-order chi connectivity index (χ0) is 24.1. The second kappa shape index (κ2) is 10.6. The van der Waals surface area contributed by atoms with Gasteiger partial charge in [0.05, 0.1) is 12.0 Å². The lowest BCUT2D eigenvalue weighted by Crippen LogP contribution is -2.42. The third-order valence-corrected chi connectivity index (χ3v) is 5.89. The molecule has 2 aromatic carbocycles. The first kappa shape index (κ1) is 24.3. The summed E-state index contributed by atoms with van der Waals surface area (Å²) in [6.07, 6.45) is 5.22. The van der Waals surface area contributed by atoms with Crippen molar-refractivity contribution in [1.29, 1.82) is 0 Å². The summed E-state index contributed by atoms with van der Waals surface area (Å²) in [6, 6.07) is 18.3. The van der Waals surface area contributed by atoms with Gasteiger partial charge in [-0.1, -0.05) is 32.9 Å². The summed E-state index contributed by atoms with van der Waals surface area (Å²) in [6.45, 7) is 7.09. The first-order chi connectivity index (χ1) is 16.4. The van der Waals surface area contributed by atoms with E-state index in [9.17, 15) is 0 Å². The van der Waals surface area contributed by atoms with Crippen LogP contribution in [0.3, 0.4) is 0 Å². The Morgan fingerprint density at radius 3 is 2.21 bits per heavy atom. The molecule has 1 aromatic heterocycles. The van der Waals surface area contributed by atoms with Gasteiger partial charge in [0.1, 0.15) is 23.7 Å². The second-order valence-electron chi connectivity index (χ2n) is 9.24. The van der Waals surface area contributed by atoms with Crippen molar-refractivity contribution in [3.05, 3.63) is 76.9 Å². The predicted molar refractivity (Wildman–Crippen MR) is 139 cm³/mol. The molecule has 0 bridgehead atoms. The number of anilines is 2. The molecule has 0 spiro atoms. The Kier molecular flexibility index (Phi) is 7.57. The number of methoxy groups -OCH3 is 1. The van der Waals surface area contributed by atoms with Gasteiger partial charge in [0.15, 0.2) is 0 Å². The normalized spacial score (nSPS) is 17.3. The molecule has 4 rings (SSSR count). The number of nitrogens with zero attached hydrogens (tertiary/aromatic N) is 1. The van der Waals surface area contributed by atoms with E-state index in [-0.39, 0.29) is 17.6 Å². The van der Waals surface area contributed by atoms with Crippen LogP contribution in [0, 0.1) is 0 Å². The molecule has 0 aliphatic heterocycles. The van der Waals surface area contributed by atoms with Gasteiger partial charge in [-0.25, -0.2) is 0 Å². The molecule has 34 heavy (non-hydrogen) atoms. The van der Waals surface area contributed by atoms with E-state index < -0.39 is 0 Å². The molecule has 1 aliphatic carbocycles. The second-order valence-corrected chi connectivity index (χ2v) is 9.62. The third kappa shape index (κ3) is 5.79. The summed E-state index contributed by atoms with van der Waals surface area (Å²) in [5.74, 6) is 1.89. The van der Waals surface area contributed by atoms with E-state index in [0.29, 0.717) is 12.5 Å². The summed E-state index contributed by atoms with van der Waals surface area (Å²) >= 11 is 5.78. The van der Waals surface area contributed by atoms with Gasteiger partial charge in [-0.3, -0.25) is 4.98 Å². The molecule has 178 valence electrons. The van der Waals surface area contributed by atoms with Crippen LogP contribution < -0.4 is 20.6 Å². The molecule has 0 saturated heterocycles. The van der Waals surface area contributed by atoms with Crippen molar-refractivity contribution in [2.75, 3.05) is 24.9 Å². The van der Waals surface area contributed by atoms with E-state index >= 15 is 0 Å². The topological polar surface area (TPSA) is 52.6 Å². The molecule has 2 unspecified atom stereocenters. The van der Waals surface area contributed by atoms with Crippen molar-refractivity contribution in [2.45, 2.75) is 38.4 Å². The predicted octanol–water partition coefficient (Wildman–Crippen LogP) is 5.13. The number of pyridine rings is 1. The Morgan fingerprint density at radius 1 is 0.912 bits per heavy atom. The molecular formula is C28H31ClN2O3. The fourth-order valence-electron chi connectivity index (χ4n) is 3.85. The molecule has 1 heterocycles. The Morgan fingerprint density at radius 2 is 1.59 bits per heavy atom.